The van der Waals surface area contributed by atoms with Crippen molar-refractivity contribution in [3.63, 3.8) is 0 Å². The van der Waals surface area contributed by atoms with E-state index in [0.717, 1.165) is 19.3 Å². The highest BCUT2D eigenvalue weighted by Crippen LogP contribution is 2.28. The van der Waals surface area contributed by atoms with Crippen LogP contribution in [-0.4, -0.2) is 48.5 Å². The summed E-state index contributed by atoms with van der Waals surface area (Å²) in [7, 11) is -3.79. The fourth-order valence-electron chi connectivity index (χ4n) is 4.12. The van der Waals surface area contributed by atoms with Crippen LogP contribution in [0.4, 0.5) is 0 Å². The lowest BCUT2D eigenvalue weighted by atomic mass is 9.96. The quantitative estimate of drug-likeness (QED) is 0.654. The summed E-state index contributed by atoms with van der Waals surface area (Å²) >= 11 is 0. The van der Waals surface area contributed by atoms with Crippen molar-refractivity contribution < 1.29 is 17.6 Å². The van der Waals surface area contributed by atoms with Crippen LogP contribution in [0.3, 0.4) is 0 Å². The van der Waals surface area contributed by atoms with Crippen LogP contribution in [-0.2, 0) is 14.8 Å². The summed E-state index contributed by atoms with van der Waals surface area (Å²) in [4.78, 5) is 12.6. The minimum atomic E-state index is -3.79. The highest BCUT2D eigenvalue weighted by Gasteiger charge is 2.35. The van der Waals surface area contributed by atoms with Crippen molar-refractivity contribution in [2.24, 2.45) is 5.92 Å². The fourth-order valence-corrected chi connectivity index (χ4v) is 5.56. The molecular formula is C21H28N4O4S. The van der Waals surface area contributed by atoms with Crippen LogP contribution in [0.15, 0.2) is 45.6 Å². The van der Waals surface area contributed by atoms with Crippen LogP contribution >= 0.6 is 0 Å². The molecule has 1 fully saturated rings. The van der Waals surface area contributed by atoms with E-state index in [1.54, 1.807) is 18.3 Å². The molecule has 9 heteroatoms. The van der Waals surface area contributed by atoms with Gasteiger partial charge in [-0.15, -0.1) is 0 Å². The number of furan rings is 1. The topological polar surface area (TPSA) is 108 Å². The molecule has 8 nitrogen and oxygen atoms in total. The van der Waals surface area contributed by atoms with Crippen molar-refractivity contribution >= 4 is 15.9 Å². The maximum atomic E-state index is 13.0. The highest BCUT2D eigenvalue weighted by atomic mass is 32.2. The molecule has 4 rings (SSSR count). The minimum absolute atomic E-state index is 0.0658. The molecule has 3 heterocycles. The average molecular weight is 433 g/mol. The second-order valence-electron chi connectivity index (χ2n) is 7.94. The lowest BCUT2D eigenvalue weighted by Gasteiger charge is -2.30. The summed E-state index contributed by atoms with van der Waals surface area (Å²) in [6.45, 7) is 1.18. The lowest BCUT2D eigenvalue weighted by molar-refractivity contribution is -0.126. The molecule has 1 aliphatic carbocycles. The largest absolute Gasteiger partial charge is 0.442 e. The van der Waals surface area contributed by atoms with Gasteiger partial charge in [-0.3, -0.25) is 9.89 Å². The first-order valence-electron chi connectivity index (χ1n) is 10.6. The third kappa shape index (κ3) is 4.67. The molecule has 1 saturated heterocycles. The summed E-state index contributed by atoms with van der Waals surface area (Å²) < 4.78 is 33.0. The molecule has 162 valence electrons. The van der Waals surface area contributed by atoms with E-state index in [2.05, 4.69) is 21.6 Å². The zero-order chi connectivity index (χ0) is 21.0. The molecule has 2 aliphatic rings. The Morgan fingerprint density at radius 1 is 1.27 bits per heavy atom. The van der Waals surface area contributed by atoms with Gasteiger partial charge in [0, 0.05) is 25.8 Å². The summed E-state index contributed by atoms with van der Waals surface area (Å²) in [5.41, 5.74) is 2.03. The Bertz CT molecular complexity index is 994. The number of nitrogens with one attached hydrogen (secondary N) is 2. The zero-order valence-corrected chi connectivity index (χ0v) is 17.8. The number of carbonyl (C=O) groups is 1. The fraction of sp³-hybridized carbons (Fsp3) is 0.524. The maximum absolute atomic E-state index is 13.0. The maximum Gasteiger partial charge on any atom is 0.276 e. The SMILES string of the molecule is O=C(NCCC1=CCCCC1)[C@@H]1CCCN(S(=O)(=O)c2ccc(-c3ccn[nH]3)o2)C1. The summed E-state index contributed by atoms with van der Waals surface area (Å²) in [5, 5.41) is 9.49. The number of hydrogen-bond donors (Lipinski definition) is 2. The zero-order valence-electron chi connectivity index (χ0n) is 17.0. The Balaban J connectivity index is 1.35. The van der Waals surface area contributed by atoms with Crippen LogP contribution in [0.5, 0.6) is 0 Å². The van der Waals surface area contributed by atoms with Crippen LogP contribution in [0.1, 0.15) is 44.9 Å². The molecule has 2 aromatic heterocycles. The minimum Gasteiger partial charge on any atom is -0.442 e. The van der Waals surface area contributed by atoms with E-state index >= 15 is 0 Å². The standard InChI is InChI=1S/C21H28N4O4S/c26-21(22-12-10-16-5-2-1-3-6-16)17-7-4-14-25(15-17)30(27,28)20-9-8-19(29-20)18-11-13-23-24-18/h5,8-9,11,13,17H,1-4,6-7,10,12,14-15H2,(H,22,26)(H,23,24)/t17-/m1/s1. The molecular weight excluding hydrogens is 404 g/mol. The van der Waals surface area contributed by atoms with Crippen LogP contribution < -0.4 is 5.32 Å². The predicted molar refractivity (Wildman–Crippen MR) is 112 cm³/mol. The number of nitrogens with zero attached hydrogens (tertiary/aromatic N) is 2. The Morgan fingerprint density at radius 3 is 2.93 bits per heavy atom. The number of piperidine rings is 1. The molecule has 2 N–H and O–H groups in total. The first-order chi connectivity index (χ1) is 14.5. The van der Waals surface area contributed by atoms with E-state index in [1.807, 2.05) is 0 Å². The molecule has 1 aliphatic heterocycles. The molecule has 1 amide bonds. The van der Waals surface area contributed by atoms with Gasteiger partial charge in [-0.05, 0) is 63.1 Å². The number of H-pyrrole nitrogens is 1. The third-order valence-corrected chi connectivity index (χ3v) is 7.57. The number of aromatic nitrogens is 2. The molecule has 0 radical (unpaired) electrons. The van der Waals surface area contributed by atoms with Gasteiger partial charge in [0.15, 0.2) is 5.76 Å². The van der Waals surface area contributed by atoms with Crippen molar-refractivity contribution in [2.75, 3.05) is 19.6 Å². The van der Waals surface area contributed by atoms with Crippen molar-refractivity contribution in [1.82, 2.24) is 19.8 Å². The first kappa shape index (κ1) is 20.9. The van der Waals surface area contributed by atoms with Crippen LogP contribution in [0.2, 0.25) is 0 Å². The third-order valence-electron chi connectivity index (χ3n) is 5.83. The molecule has 0 spiro atoms. The van der Waals surface area contributed by atoms with E-state index in [1.165, 1.54) is 28.8 Å². The molecule has 0 saturated carbocycles. The monoisotopic (exact) mass is 432 g/mol. The van der Waals surface area contributed by atoms with Crippen molar-refractivity contribution in [3.05, 3.63) is 36.0 Å². The van der Waals surface area contributed by atoms with Crippen molar-refractivity contribution in [3.8, 4) is 11.5 Å². The molecule has 0 unspecified atom stereocenters. The summed E-state index contributed by atoms with van der Waals surface area (Å²) in [6, 6.07) is 4.77. The summed E-state index contributed by atoms with van der Waals surface area (Å²) in [6.07, 6.45) is 10.8. The van der Waals surface area contributed by atoms with Gasteiger partial charge >= 0.3 is 0 Å². The molecule has 1 atom stereocenters. The van der Waals surface area contributed by atoms with Crippen molar-refractivity contribution in [1.29, 1.82) is 0 Å². The Kier molecular flexibility index (Phi) is 6.38. The van der Waals surface area contributed by atoms with Gasteiger partial charge in [0.25, 0.3) is 10.0 Å². The number of carbonyl (C=O) groups excluding carboxylic acids is 1. The molecule has 2 aromatic rings. The van der Waals surface area contributed by atoms with E-state index in [9.17, 15) is 13.2 Å². The van der Waals surface area contributed by atoms with Crippen molar-refractivity contribution in [2.45, 2.75) is 50.0 Å². The van der Waals surface area contributed by atoms with E-state index in [-0.39, 0.29) is 23.5 Å². The van der Waals surface area contributed by atoms with Gasteiger partial charge in [-0.25, -0.2) is 8.42 Å². The Hall–Kier alpha value is -2.39. The van der Waals surface area contributed by atoms with E-state index < -0.39 is 10.0 Å². The van der Waals surface area contributed by atoms with Gasteiger partial charge in [0.05, 0.1) is 5.92 Å². The molecule has 0 bridgehead atoms. The number of hydrogen-bond acceptors (Lipinski definition) is 5. The summed E-state index contributed by atoms with van der Waals surface area (Å²) in [5.74, 6) is 0.00852. The second-order valence-corrected chi connectivity index (χ2v) is 9.81. The molecule has 30 heavy (non-hydrogen) atoms. The van der Waals surface area contributed by atoms with Gasteiger partial charge in [-0.1, -0.05) is 11.6 Å². The number of amides is 1. The van der Waals surface area contributed by atoms with Gasteiger partial charge < -0.3 is 9.73 Å². The van der Waals surface area contributed by atoms with Crippen LogP contribution in [0.25, 0.3) is 11.5 Å². The number of allylic oxidation sites excluding steroid dienone is 1. The first-order valence-corrected chi connectivity index (χ1v) is 12.0. The number of aromatic amines is 1. The predicted octanol–water partition coefficient (Wildman–Crippen LogP) is 3.08. The normalized spacial score (nSPS) is 20.7. The lowest BCUT2D eigenvalue weighted by Crippen LogP contribution is -2.45. The van der Waals surface area contributed by atoms with E-state index in [0.29, 0.717) is 37.4 Å². The Labute approximate surface area is 176 Å². The number of rotatable bonds is 7. The smallest absolute Gasteiger partial charge is 0.276 e. The van der Waals surface area contributed by atoms with Gasteiger partial charge in [0.1, 0.15) is 5.69 Å². The van der Waals surface area contributed by atoms with Crippen LogP contribution in [0, 0.1) is 5.92 Å². The molecule has 0 aromatic carbocycles. The Morgan fingerprint density at radius 2 is 2.17 bits per heavy atom. The number of sulfonamides is 1. The average Bonchev–Trinajstić information content (AvgIpc) is 3.47. The second kappa shape index (κ2) is 9.18. The van der Waals surface area contributed by atoms with Gasteiger partial charge in [-0.2, -0.15) is 9.40 Å². The van der Waals surface area contributed by atoms with Gasteiger partial charge in [0.2, 0.25) is 11.0 Å². The highest BCUT2D eigenvalue weighted by molar-refractivity contribution is 7.89. The van der Waals surface area contributed by atoms with E-state index in [4.69, 9.17) is 4.42 Å².